The molecule has 0 spiro atoms. The maximum atomic E-state index is 12.0. The zero-order valence-electron chi connectivity index (χ0n) is 11.5. The first-order valence-corrected chi connectivity index (χ1v) is 7.18. The lowest BCUT2D eigenvalue weighted by Crippen LogP contribution is -2.37. The smallest absolute Gasteiger partial charge is 0.223 e. The first-order chi connectivity index (χ1) is 9.02. The Morgan fingerprint density at radius 2 is 2.10 bits per heavy atom. The summed E-state index contributed by atoms with van der Waals surface area (Å²) in [5.41, 5.74) is 1.09. The largest absolute Gasteiger partial charge is 0.354 e. The van der Waals surface area contributed by atoms with Crippen molar-refractivity contribution < 1.29 is 4.79 Å². The van der Waals surface area contributed by atoms with Crippen molar-refractivity contribution in [1.82, 2.24) is 10.6 Å². The molecule has 112 valence electrons. The molecule has 0 aromatic heterocycles. The molecule has 0 radical (unpaired) electrons. The van der Waals surface area contributed by atoms with Crippen molar-refractivity contribution in [3.8, 4) is 0 Å². The van der Waals surface area contributed by atoms with Gasteiger partial charge in [0.2, 0.25) is 5.91 Å². The summed E-state index contributed by atoms with van der Waals surface area (Å²) in [6.07, 6.45) is 0.887. The van der Waals surface area contributed by atoms with Crippen molar-refractivity contribution >= 4 is 41.5 Å². The van der Waals surface area contributed by atoms with Crippen molar-refractivity contribution in [1.29, 1.82) is 0 Å². The summed E-state index contributed by atoms with van der Waals surface area (Å²) >= 11 is 11.9. The van der Waals surface area contributed by atoms with Gasteiger partial charge in [0.05, 0.1) is 10.0 Å². The van der Waals surface area contributed by atoms with Crippen LogP contribution in [0.15, 0.2) is 18.2 Å². The second kappa shape index (κ2) is 7.51. The van der Waals surface area contributed by atoms with Crippen molar-refractivity contribution in [2.45, 2.75) is 25.3 Å². The van der Waals surface area contributed by atoms with Gasteiger partial charge in [-0.3, -0.25) is 4.79 Å². The van der Waals surface area contributed by atoms with Crippen LogP contribution >= 0.6 is 35.6 Å². The topological polar surface area (TPSA) is 41.1 Å². The van der Waals surface area contributed by atoms with Gasteiger partial charge in [-0.05, 0) is 44.0 Å². The molecule has 3 atom stereocenters. The molecule has 1 amide bonds. The Morgan fingerprint density at radius 3 is 2.70 bits per heavy atom. The zero-order valence-corrected chi connectivity index (χ0v) is 13.8. The lowest BCUT2D eigenvalue weighted by atomic mass is 10.1. The molecule has 20 heavy (non-hydrogen) atoms. The molecule has 3 unspecified atom stereocenters. The quantitative estimate of drug-likeness (QED) is 0.866. The third-order valence-corrected chi connectivity index (χ3v) is 4.31. The van der Waals surface area contributed by atoms with E-state index in [9.17, 15) is 4.79 Å². The molecule has 0 heterocycles. The molecule has 1 aromatic rings. The number of nitrogens with one attached hydrogen (secondary N) is 2. The van der Waals surface area contributed by atoms with E-state index in [2.05, 4.69) is 10.6 Å². The number of carbonyl (C=O) groups is 1. The van der Waals surface area contributed by atoms with Gasteiger partial charge in [0.25, 0.3) is 0 Å². The maximum absolute atomic E-state index is 12.0. The fourth-order valence-electron chi connectivity index (χ4n) is 2.08. The minimum absolute atomic E-state index is 0. The Labute approximate surface area is 135 Å². The van der Waals surface area contributed by atoms with Crippen LogP contribution < -0.4 is 10.6 Å². The number of halogens is 3. The lowest BCUT2D eigenvalue weighted by molar-refractivity contribution is -0.122. The highest BCUT2D eigenvalue weighted by Crippen LogP contribution is 2.48. The fraction of sp³-hybridized carbons (Fsp3) is 0.500. The van der Waals surface area contributed by atoms with Crippen LogP contribution in [0.2, 0.25) is 10.0 Å². The molecular weight excluding hydrogens is 319 g/mol. The van der Waals surface area contributed by atoms with Crippen LogP contribution in [0.5, 0.6) is 0 Å². The molecule has 6 heteroatoms. The van der Waals surface area contributed by atoms with Crippen LogP contribution in [0.4, 0.5) is 0 Å². The minimum atomic E-state index is 0. The number of carbonyl (C=O) groups excluding carboxylic acids is 1. The molecule has 2 N–H and O–H groups in total. The summed E-state index contributed by atoms with van der Waals surface area (Å²) in [6, 6.07) is 5.88. The van der Waals surface area contributed by atoms with Crippen molar-refractivity contribution in [2.24, 2.45) is 5.92 Å². The van der Waals surface area contributed by atoms with Crippen molar-refractivity contribution in [3.63, 3.8) is 0 Å². The van der Waals surface area contributed by atoms with Gasteiger partial charge in [-0.15, -0.1) is 12.4 Å². The van der Waals surface area contributed by atoms with E-state index in [0.29, 0.717) is 16.6 Å². The van der Waals surface area contributed by atoms with E-state index >= 15 is 0 Å². The van der Waals surface area contributed by atoms with Crippen LogP contribution in [-0.2, 0) is 4.79 Å². The van der Waals surface area contributed by atoms with Gasteiger partial charge in [0.1, 0.15) is 0 Å². The first kappa shape index (κ1) is 17.6. The molecule has 1 aliphatic rings. The van der Waals surface area contributed by atoms with Gasteiger partial charge in [0.15, 0.2) is 0 Å². The fourth-order valence-corrected chi connectivity index (χ4v) is 2.39. The molecule has 1 aromatic carbocycles. The van der Waals surface area contributed by atoms with Crippen LogP contribution in [0.25, 0.3) is 0 Å². The Balaban J connectivity index is 0.00000200. The molecule has 1 aliphatic carbocycles. The molecule has 1 fully saturated rings. The third-order valence-electron chi connectivity index (χ3n) is 3.57. The zero-order chi connectivity index (χ0) is 14.0. The lowest BCUT2D eigenvalue weighted by Gasteiger charge is -2.11. The van der Waals surface area contributed by atoms with Gasteiger partial charge in [-0.25, -0.2) is 0 Å². The van der Waals surface area contributed by atoms with E-state index in [1.807, 2.05) is 26.1 Å². The molecule has 2 rings (SSSR count). The molecular formula is C14H19Cl3N2O. The van der Waals surface area contributed by atoms with E-state index in [1.165, 1.54) is 0 Å². The number of amides is 1. The Bertz CT molecular complexity index is 481. The highest BCUT2D eigenvalue weighted by Gasteiger charge is 2.43. The molecule has 0 aliphatic heterocycles. The second-order valence-corrected chi connectivity index (χ2v) is 5.87. The molecule has 0 bridgehead atoms. The first-order valence-electron chi connectivity index (χ1n) is 6.43. The Kier molecular flexibility index (Phi) is 6.59. The summed E-state index contributed by atoms with van der Waals surface area (Å²) in [7, 11) is 1.88. The van der Waals surface area contributed by atoms with E-state index in [1.54, 1.807) is 6.07 Å². The van der Waals surface area contributed by atoms with E-state index < -0.39 is 0 Å². The van der Waals surface area contributed by atoms with Gasteiger partial charge < -0.3 is 10.6 Å². The number of likely N-dealkylation sites (N-methyl/N-ethyl adjacent to an activating group) is 1. The van der Waals surface area contributed by atoms with Crippen molar-refractivity contribution in [2.75, 3.05) is 13.6 Å². The van der Waals surface area contributed by atoms with E-state index in [-0.39, 0.29) is 36.2 Å². The normalized spacial score (nSPS) is 21.8. The SMILES string of the molecule is CNC(C)CNC(=O)C1CC1c1ccc(Cl)c(Cl)c1.Cl. The number of hydrogen-bond acceptors (Lipinski definition) is 2. The average molecular weight is 338 g/mol. The Morgan fingerprint density at radius 1 is 1.40 bits per heavy atom. The number of rotatable bonds is 5. The predicted octanol–water partition coefficient (Wildman–Crippen LogP) is 3.24. The number of benzene rings is 1. The monoisotopic (exact) mass is 336 g/mol. The summed E-state index contributed by atoms with van der Waals surface area (Å²) in [4.78, 5) is 12.0. The Hall–Kier alpha value is -0.480. The van der Waals surface area contributed by atoms with Crippen LogP contribution in [0, 0.1) is 5.92 Å². The summed E-state index contributed by atoms with van der Waals surface area (Å²) in [5, 5.41) is 7.15. The van der Waals surface area contributed by atoms with Crippen LogP contribution in [0.1, 0.15) is 24.8 Å². The van der Waals surface area contributed by atoms with Gasteiger partial charge in [-0.2, -0.15) is 0 Å². The second-order valence-electron chi connectivity index (χ2n) is 5.06. The van der Waals surface area contributed by atoms with Crippen molar-refractivity contribution in [3.05, 3.63) is 33.8 Å². The average Bonchev–Trinajstić information content (AvgIpc) is 3.19. The van der Waals surface area contributed by atoms with Crippen LogP contribution in [-0.4, -0.2) is 25.5 Å². The third kappa shape index (κ3) is 4.26. The highest BCUT2D eigenvalue weighted by molar-refractivity contribution is 6.42. The molecule has 1 saturated carbocycles. The van der Waals surface area contributed by atoms with Gasteiger partial charge in [-0.1, -0.05) is 29.3 Å². The van der Waals surface area contributed by atoms with Gasteiger partial charge >= 0.3 is 0 Å². The van der Waals surface area contributed by atoms with Crippen LogP contribution in [0.3, 0.4) is 0 Å². The number of hydrogen-bond donors (Lipinski definition) is 2. The minimum Gasteiger partial charge on any atom is -0.354 e. The standard InChI is InChI=1S/C14H18Cl2N2O.ClH/c1-8(17-2)7-18-14(19)11-6-10(11)9-3-4-12(15)13(16)5-9;/h3-5,8,10-11,17H,6-7H2,1-2H3,(H,18,19);1H. The highest BCUT2D eigenvalue weighted by atomic mass is 35.5. The van der Waals surface area contributed by atoms with E-state index in [0.717, 1.165) is 12.0 Å². The summed E-state index contributed by atoms with van der Waals surface area (Å²) < 4.78 is 0. The van der Waals surface area contributed by atoms with Gasteiger partial charge in [0, 0.05) is 18.5 Å². The van der Waals surface area contributed by atoms with E-state index in [4.69, 9.17) is 23.2 Å². The molecule has 3 nitrogen and oxygen atoms in total. The summed E-state index contributed by atoms with van der Waals surface area (Å²) in [6.45, 7) is 2.68. The maximum Gasteiger partial charge on any atom is 0.223 e. The molecule has 0 saturated heterocycles. The predicted molar refractivity (Wildman–Crippen MR) is 86.1 cm³/mol. The summed E-state index contributed by atoms with van der Waals surface area (Å²) in [5.74, 6) is 0.471.